The zero-order valence-electron chi connectivity index (χ0n) is 14.8. The van der Waals surface area contributed by atoms with Gasteiger partial charge in [-0.1, -0.05) is 6.07 Å². The van der Waals surface area contributed by atoms with E-state index in [9.17, 15) is 14.0 Å². The fourth-order valence-electron chi connectivity index (χ4n) is 2.86. The van der Waals surface area contributed by atoms with Crippen molar-refractivity contribution in [2.75, 3.05) is 12.4 Å². The standard InChI is InChI=1S/C19H14FN3O3S2/c1-9-15-11(20)4-3-5-14(15)28-16(9)17(24)23-19-22-13(8-27-19)10-6-12(21-7-10)18(25)26-2/h3-8,21H,1-2H3,(H,22,23,24). The number of H-pyrrole nitrogens is 1. The number of nitrogens with zero attached hydrogens (tertiary/aromatic N) is 1. The zero-order valence-corrected chi connectivity index (χ0v) is 16.5. The predicted molar refractivity (Wildman–Crippen MR) is 108 cm³/mol. The van der Waals surface area contributed by atoms with Gasteiger partial charge in [0.2, 0.25) is 0 Å². The van der Waals surface area contributed by atoms with Gasteiger partial charge >= 0.3 is 5.97 Å². The molecule has 2 N–H and O–H groups in total. The molecule has 28 heavy (non-hydrogen) atoms. The molecule has 0 aliphatic heterocycles. The molecule has 1 amide bonds. The van der Waals surface area contributed by atoms with Crippen molar-refractivity contribution in [3.05, 3.63) is 57.8 Å². The lowest BCUT2D eigenvalue weighted by Crippen LogP contribution is -2.11. The molecule has 0 aliphatic rings. The lowest BCUT2D eigenvalue weighted by molar-refractivity contribution is 0.0594. The summed E-state index contributed by atoms with van der Waals surface area (Å²) in [5, 5.41) is 5.43. The third-order valence-corrected chi connectivity index (χ3v) is 6.23. The Balaban J connectivity index is 1.57. The second kappa shape index (κ2) is 7.17. The van der Waals surface area contributed by atoms with Gasteiger partial charge in [0.05, 0.1) is 17.7 Å². The number of benzene rings is 1. The van der Waals surface area contributed by atoms with Crippen molar-refractivity contribution in [1.29, 1.82) is 0 Å². The number of carbonyl (C=O) groups is 2. The van der Waals surface area contributed by atoms with Crippen LogP contribution in [-0.4, -0.2) is 29.0 Å². The van der Waals surface area contributed by atoms with E-state index in [1.807, 2.05) is 0 Å². The molecular formula is C19H14FN3O3S2. The van der Waals surface area contributed by atoms with Crippen LogP contribution in [0.1, 0.15) is 25.7 Å². The van der Waals surface area contributed by atoms with Crippen LogP contribution in [-0.2, 0) is 4.74 Å². The fraction of sp³-hybridized carbons (Fsp3) is 0.105. The summed E-state index contributed by atoms with van der Waals surface area (Å²) >= 11 is 2.51. The number of aromatic amines is 1. The minimum absolute atomic E-state index is 0.319. The first kappa shape index (κ1) is 18.3. The predicted octanol–water partition coefficient (Wildman–Crippen LogP) is 4.84. The van der Waals surface area contributed by atoms with E-state index in [0.717, 1.165) is 4.70 Å². The number of fused-ring (bicyclic) bond motifs is 1. The number of ether oxygens (including phenoxy) is 1. The van der Waals surface area contributed by atoms with Gasteiger partial charge < -0.3 is 9.72 Å². The van der Waals surface area contributed by atoms with Crippen LogP contribution in [0.3, 0.4) is 0 Å². The molecule has 0 radical (unpaired) electrons. The van der Waals surface area contributed by atoms with Crippen LogP contribution in [0.5, 0.6) is 0 Å². The van der Waals surface area contributed by atoms with Gasteiger partial charge in [-0.2, -0.15) is 0 Å². The number of methoxy groups -OCH3 is 1. The third kappa shape index (κ3) is 3.19. The summed E-state index contributed by atoms with van der Waals surface area (Å²) in [5.74, 6) is -1.14. The Bertz CT molecular complexity index is 1210. The highest BCUT2D eigenvalue weighted by atomic mass is 32.1. The maximum atomic E-state index is 14.1. The molecule has 142 valence electrons. The number of halogens is 1. The maximum absolute atomic E-state index is 14.1. The molecule has 0 aliphatic carbocycles. The number of aryl methyl sites for hydroxylation is 1. The lowest BCUT2D eigenvalue weighted by Gasteiger charge is -2.00. The van der Waals surface area contributed by atoms with Gasteiger partial charge in [0.25, 0.3) is 5.91 Å². The van der Waals surface area contributed by atoms with Gasteiger partial charge in [0.1, 0.15) is 11.5 Å². The number of amides is 1. The molecule has 0 spiro atoms. The summed E-state index contributed by atoms with van der Waals surface area (Å²) in [6, 6.07) is 6.43. The van der Waals surface area contributed by atoms with Crippen molar-refractivity contribution in [3.63, 3.8) is 0 Å². The Morgan fingerprint density at radius 1 is 1.32 bits per heavy atom. The SMILES string of the molecule is COC(=O)c1cc(-c2csc(NC(=O)c3sc4cccc(F)c4c3C)n2)c[nH]1. The molecule has 0 fully saturated rings. The van der Waals surface area contributed by atoms with Gasteiger partial charge in [0.15, 0.2) is 5.13 Å². The normalized spacial score (nSPS) is 11.0. The van der Waals surface area contributed by atoms with Crippen molar-refractivity contribution in [3.8, 4) is 11.3 Å². The highest BCUT2D eigenvalue weighted by molar-refractivity contribution is 7.21. The van der Waals surface area contributed by atoms with Crippen LogP contribution in [0, 0.1) is 12.7 Å². The first-order valence-corrected chi connectivity index (χ1v) is 9.89. The van der Waals surface area contributed by atoms with E-state index in [2.05, 4.69) is 20.0 Å². The average molecular weight is 415 g/mol. The number of hydrogen-bond acceptors (Lipinski definition) is 6. The minimum Gasteiger partial charge on any atom is -0.464 e. The van der Waals surface area contributed by atoms with E-state index >= 15 is 0 Å². The van der Waals surface area contributed by atoms with Crippen LogP contribution in [0.15, 0.2) is 35.8 Å². The van der Waals surface area contributed by atoms with E-state index in [4.69, 9.17) is 0 Å². The largest absolute Gasteiger partial charge is 0.464 e. The summed E-state index contributed by atoms with van der Waals surface area (Å²) in [6.45, 7) is 1.73. The molecule has 9 heteroatoms. The van der Waals surface area contributed by atoms with Crippen LogP contribution in [0.25, 0.3) is 21.3 Å². The monoisotopic (exact) mass is 415 g/mol. The minimum atomic E-state index is -0.470. The number of aromatic nitrogens is 2. The van der Waals surface area contributed by atoms with E-state index < -0.39 is 5.97 Å². The average Bonchev–Trinajstić information content (AvgIpc) is 3.40. The van der Waals surface area contributed by atoms with Crippen molar-refractivity contribution in [2.45, 2.75) is 6.92 Å². The van der Waals surface area contributed by atoms with Crippen LogP contribution < -0.4 is 5.32 Å². The summed E-state index contributed by atoms with van der Waals surface area (Å²) in [7, 11) is 1.31. The number of nitrogens with one attached hydrogen (secondary N) is 2. The molecule has 3 heterocycles. The van der Waals surface area contributed by atoms with Crippen LogP contribution >= 0.6 is 22.7 Å². The van der Waals surface area contributed by atoms with Gasteiger partial charge in [0, 0.05) is 27.2 Å². The Morgan fingerprint density at radius 2 is 2.14 bits per heavy atom. The fourth-order valence-corrected chi connectivity index (χ4v) is 4.69. The Kier molecular flexibility index (Phi) is 4.70. The molecular weight excluding hydrogens is 401 g/mol. The summed E-state index contributed by atoms with van der Waals surface area (Å²) in [6.07, 6.45) is 1.64. The molecule has 0 saturated carbocycles. The van der Waals surface area contributed by atoms with Crippen molar-refractivity contribution >= 4 is 49.8 Å². The summed E-state index contributed by atoms with van der Waals surface area (Å²) in [4.78, 5) is 31.9. The van der Waals surface area contributed by atoms with Gasteiger partial charge in [-0.15, -0.1) is 22.7 Å². The first-order valence-electron chi connectivity index (χ1n) is 8.19. The number of hydrogen-bond donors (Lipinski definition) is 2. The highest BCUT2D eigenvalue weighted by Crippen LogP contribution is 2.33. The maximum Gasteiger partial charge on any atom is 0.354 e. The molecule has 0 bridgehead atoms. The quantitative estimate of drug-likeness (QED) is 0.467. The molecule has 4 aromatic rings. The van der Waals surface area contributed by atoms with Crippen LogP contribution in [0.2, 0.25) is 0 Å². The number of esters is 1. The Labute approximate surface area is 167 Å². The smallest absolute Gasteiger partial charge is 0.354 e. The zero-order chi connectivity index (χ0) is 19.8. The number of rotatable bonds is 4. The van der Waals surface area contributed by atoms with E-state index in [1.165, 1.54) is 35.8 Å². The summed E-state index contributed by atoms with van der Waals surface area (Å²) < 4.78 is 19.4. The molecule has 6 nitrogen and oxygen atoms in total. The molecule has 3 aromatic heterocycles. The number of anilines is 1. The molecule has 0 saturated heterocycles. The second-order valence-electron chi connectivity index (χ2n) is 5.95. The Morgan fingerprint density at radius 3 is 2.89 bits per heavy atom. The van der Waals surface area contributed by atoms with Crippen molar-refractivity contribution in [1.82, 2.24) is 9.97 Å². The molecule has 0 atom stereocenters. The van der Waals surface area contributed by atoms with Crippen molar-refractivity contribution in [2.24, 2.45) is 0 Å². The third-order valence-electron chi connectivity index (χ3n) is 4.22. The highest BCUT2D eigenvalue weighted by Gasteiger charge is 2.19. The van der Waals surface area contributed by atoms with Crippen molar-refractivity contribution < 1.29 is 18.7 Å². The first-order chi connectivity index (χ1) is 13.5. The Hall–Kier alpha value is -3.04. The second-order valence-corrected chi connectivity index (χ2v) is 7.87. The molecule has 0 unspecified atom stereocenters. The summed E-state index contributed by atoms with van der Waals surface area (Å²) in [5.41, 5.74) is 2.25. The number of thiophene rings is 1. The van der Waals surface area contributed by atoms with Gasteiger partial charge in [-0.25, -0.2) is 14.2 Å². The van der Waals surface area contributed by atoms with Gasteiger partial charge in [-0.3, -0.25) is 10.1 Å². The van der Waals surface area contributed by atoms with E-state index in [1.54, 1.807) is 36.7 Å². The number of carbonyl (C=O) groups excluding carboxylic acids is 2. The molecule has 1 aromatic carbocycles. The van der Waals surface area contributed by atoms with Crippen LogP contribution in [0.4, 0.5) is 9.52 Å². The topological polar surface area (TPSA) is 84.1 Å². The van der Waals surface area contributed by atoms with E-state index in [0.29, 0.717) is 37.9 Å². The van der Waals surface area contributed by atoms with E-state index in [-0.39, 0.29) is 11.7 Å². The number of thiazole rings is 1. The van der Waals surface area contributed by atoms with Gasteiger partial charge in [-0.05, 0) is 30.7 Å². The lowest BCUT2D eigenvalue weighted by atomic mass is 10.1. The molecule has 4 rings (SSSR count).